The molecule has 0 bridgehead atoms. The van der Waals surface area contributed by atoms with Gasteiger partial charge in [-0.1, -0.05) is 25.2 Å². The second-order valence-electron chi connectivity index (χ2n) is 5.39. The molecular weight excluding hydrogens is 273 g/mol. The largest absolute Gasteiger partial charge is 0.389 e. The highest BCUT2D eigenvalue weighted by atomic mass is 32.1. The fourth-order valence-corrected chi connectivity index (χ4v) is 2.96. The summed E-state index contributed by atoms with van der Waals surface area (Å²) in [5, 5.41) is 0. The van der Waals surface area contributed by atoms with Gasteiger partial charge in [0.25, 0.3) is 0 Å². The average Bonchev–Trinajstić information content (AvgIpc) is 2.41. The summed E-state index contributed by atoms with van der Waals surface area (Å²) in [5.74, 6) is -0.342. The number of halogens is 1. The highest BCUT2D eigenvalue weighted by molar-refractivity contribution is 7.80. The molecule has 1 saturated heterocycles. The lowest BCUT2D eigenvalue weighted by Gasteiger charge is -2.39. The molecular formula is C15H22FN3S. The summed E-state index contributed by atoms with van der Waals surface area (Å²) in [5.41, 5.74) is 6.95. The third kappa shape index (κ3) is 3.53. The van der Waals surface area contributed by atoms with Gasteiger partial charge in [0.05, 0.1) is 0 Å². The number of hydrogen-bond donors (Lipinski definition) is 1. The van der Waals surface area contributed by atoms with Crippen molar-refractivity contribution in [2.75, 3.05) is 26.2 Å². The van der Waals surface area contributed by atoms with Crippen LogP contribution in [0.25, 0.3) is 0 Å². The molecule has 1 unspecified atom stereocenters. The maximum absolute atomic E-state index is 13.6. The molecule has 0 aromatic heterocycles. The molecule has 1 fully saturated rings. The predicted octanol–water partition coefficient (Wildman–Crippen LogP) is 1.99. The van der Waals surface area contributed by atoms with Crippen LogP contribution in [0.3, 0.4) is 0 Å². The first-order valence-corrected chi connectivity index (χ1v) is 7.46. The van der Waals surface area contributed by atoms with Crippen molar-refractivity contribution in [3.8, 4) is 0 Å². The van der Waals surface area contributed by atoms with Crippen molar-refractivity contribution in [2.24, 2.45) is 5.73 Å². The molecule has 1 aliphatic heterocycles. The number of benzene rings is 1. The van der Waals surface area contributed by atoms with Gasteiger partial charge in [-0.25, -0.2) is 4.39 Å². The Morgan fingerprint density at radius 2 is 2.20 bits per heavy atom. The standard InChI is InChI=1S/C15H22FN3S/c1-3-19-7-6-18(9-11(19)2)10-12-4-5-14(16)13(8-12)15(17)20/h4-5,8,11H,3,6-7,9-10H2,1-2H3,(H2,17,20). The first-order chi connectivity index (χ1) is 9.51. The molecule has 2 rings (SSSR count). The molecule has 0 radical (unpaired) electrons. The molecule has 1 aromatic carbocycles. The second-order valence-corrected chi connectivity index (χ2v) is 5.83. The van der Waals surface area contributed by atoms with Crippen LogP contribution in [-0.2, 0) is 6.54 Å². The van der Waals surface area contributed by atoms with Gasteiger partial charge in [-0.15, -0.1) is 0 Å². The Balaban J connectivity index is 2.04. The Kier molecular flexibility index (Phi) is 5.07. The number of piperazine rings is 1. The van der Waals surface area contributed by atoms with Gasteiger partial charge in [-0.05, 0) is 31.2 Å². The molecule has 20 heavy (non-hydrogen) atoms. The van der Waals surface area contributed by atoms with Crippen LogP contribution < -0.4 is 5.73 Å². The fraction of sp³-hybridized carbons (Fsp3) is 0.533. The van der Waals surface area contributed by atoms with Crippen LogP contribution in [0.15, 0.2) is 18.2 Å². The van der Waals surface area contributed by atoms with Crippen LogP contribution in [0.4, 0.5) is 4.39 Å². The SMILES string of the molecule is CCN1CCN(Cc2ccc(F)c(C(N)=S)c2)CC1C. The molecule has 2 N–H and O–H groups in total. The van der Waals surface area contributed by atoms with Gasteiger partial charge >= 0.3 is 0 Å². The number of hydrogen-bond acceptors (Lipinski definition) is 3. The summed E-state index contributed by atoms with van der Waals surface area (Å²) >= 11 is 4.88. The molecule has 0 aliphatic carbocycles. The normalized spacial score (nSPS) is 21.1. The smallest absolute Gasteiger partial charge is 0.133 e. The zero-order chi connectivity index (χ0) is 14.7. The lowest BCUT2D eigenvalue weighted by atomic mass is 10.1. The van der Waals surface area contributed by atoms with Crippen LogP contribution in [0.2, 0.25) is 0 Å². The predicted molar refractivity (Wildman–Crippen MR) is 84.3 cm³/mol. The zero-order valence-corrected chi connectivity index (χ0v) is 12.9. The molecule has 1 heterocycles. The first kappa shape index (κ1) is 15.4. The Morgan fingerprint density at radius 1 is 1.45 bits per heavy atom. The summed E-state index contributed by atoms with van der Waals surface area (Å²) < 4.78 is 13.6. The highest BCUT2D eigenvalue weighted by Crippen LogP contribution is 2.15. The van der Waals surface area contributed by atoms with Gasteiger partial charge in [0, 0.05) is 37.8 Å². The van der Waals surface area contributed by atoms with Crippen LogP contribution >= 0.6 is 12.2 Å². The van der Waals surface area contributed by atoms with E-state index in [4.69, 9.17) is 18.0 Å². The molecule has 110 valence electrons. The van der Waals surface area contributed by atoms with Crippen molar-refractivity contribution in [3.05, 3.63) is 35.1 Å². The zero-order valence-electron chi connectivity index (χ0n) is 12.1. The lowest BCUT2D eigenvalue weighted by molar-refractivity contribution is 0.0834. The van der Waals surface area contributed by atoms with Crippen molar-refractivity contribution in [2.45, 2.75) is 26.4 Å². The van der Waals surface area contributed by atoms with E-state index in [0.717, 1.165) is 38.3 Å². The van der Waals surface area contributed by atoms with Crippen LogP contribution in [-0.4, -0.2) is 47.0 Å². The van der Waals surface area contributed by atoms with E-state index >= 15 is 0 Å². The third-order valence-electron chi connectivity index (χ3n) is 3.96. The number of nitrogens with two attached hydrogens (primary N) is 1. The van der Waals surface area contributed by atoms with Crippen molar-refractivity contribution in [3.63, 3.8) is 0 Å². The summed E-state index contributed by atoms with van der Waals surface area (Å²) in [6.45, 7) is 9.52. The minimum atomic E-state index is -0.342. The molecule has 5 heteroatoms. The Morgan fingerprint density at radius 3 is 2.80 bits per heavy atom. The Bertz CT molecular complexity index is 492. The van der Waals surface area contributed by atoms with E-state index in [1.54, 1.807) is 6.07 Å². The summed E-state index contributed by atoms with van der Waals surface area (Å²) in [4.78, 5) is 4.99. The van der Waals surface area contributed by atoms with Gasteiger partial charge in [0.15, 0.2) is 0 Å². The van der Waals surface area contributed by atoms with Gasteiger partial charge in [-0.3, -0.25) is 9.80 Å². The number of thiocarbonyl (C=S) groups is 1. The molecule has 0 spiro atoms. The van der Waals surface area contributed by atoms with Crippen molar-refractivity contribution < 1.29 is 4.39 Å². The molecule has 1 aromatic rings. The lowest BCUT2D eigenvalue weighted by Crippen LogP contribution is -2.51. The summed E-state index contributed by atoms with van der Waals surface area (Å²) in [7, 11) is 0. The molecule has 1 atom stereocenters. The van der Waals surface area contributed by atoms with E-state index in [-0.39, 0.29) is 10.8 Å². The van der Waals surface area contributed by atoms with E-state index in [0.29, 0.717) is 11.6 Å². The molecule has 3 nitrogen and oxygen atoms in total. The van der Waals surface area contributed by atoms with Crippen LogP contribution in [0, 0.1) is 5.82 Å². The fourth-order valence-electron chi connectivity index (χ4n) is 2.80. The molecule has 0 saturated carbocycles. The van der Waals surface area contributed by atoms with Crippen molar-refractivity contribution in [1.82, 2.24) is 9.80 Å². The minimum Gasteiger partial charge on any atom is -0.389 e. The summed E-state index contributed by atoms with van der Waals surface area (Å²) in [6.07, 6.45) is 0. The number of likely N-dealkylation sites (N-methyl/N-ethyl adjacent to an activating group) is 1. The van der Waals surface area contributed by atoms with Gasteiger partial charge in [0.2, 0.25) is 0 Å². The molecule has 1 aliphatic rings. The second kappa shape index (κ2) is 6.61. The van der Waals surface area contributed by atoms with Gasteiger partial charge in [-0.2, -0.15) is 0 Å². The third-order valence-corrected chi connectivity index (χ3v) is 4.18. The topological polar surface area (TPSA) is 32.5 Å². The van der Waals surface area contributed by atoms with E-state index in [2.05, 4.69) is 23.6 Å². The van der Waals surface area contributed by atoms with Crippen LogP contribution in [0.1, 0.15) is 25.0 Å². The van der Waals surface area contributed by atoms with E-state index < -0.39 is 0 Å². The van der Waals surface area contributed by atoms with Crippen molar-refractivity contribution >= 4 is 17.2 Å². The van der Waals surface area contributed by atoms with E-state index in [9.17, 15) is 4.39 Å². The maximum Gasteiger partial charge on any atom is 0.133 e. The Labute approximate surface area is 125 Å². The Hall–Kier alpha value is -1.04. The quantitative estimate of drug-likeness (QED) is 0.861. The average molecular weight is 295 g/mol. The van der Waals surface area contributed by atoms with Gasteiger partial charge in [0.1, 0.15) is 10.8 Å². The van der Waals surface area contributed by atoms with Crippen molar-refractivity contribution in [1.29, 1.82) is 0 Å². The van der Waals surface area contributed by atoms with Crippen LogP contribution in [0.5, 0.6) is 0 Å². The number of rotatable bonds is 4. The maximum atomic E-state index is 13.6. The first-order valence-electron chi connectivity index (χ1n) is 7.06. The minimum absolute atomic E-state index is 0.119. The number of nitrogens with zero attached hydrogens (tertiary/aromatic N) is 2. The monoisotopic (exact) mass is 295 g/mol. The summed E-state index contributed by atoms with van der Waals surface area (Å²) in [6, 6.07) is 5.60. The van der Waals surface area contributed by atoms with Gasteiger partial charge < -0.3 is 5.73 Å². The van der Waals surface area contributed by atoms with E-state index in [1.807, 2.05) is 6.07 Å². The highest BCUT2D eigenvalue weighted by Gasteiger charge is 2.22. The van der Waals surface area contributed by atoms with E-state index in [1.165, 1.54) is 6.07 Å². The molecule has 0 amide bonds.